The maximum Gasteiger partial charge on any atom is 0.275 e. The highest BCUT2D eigenvalue weighted by molar-refractivity contribution is 8.13. The quantitative estimate of drug-likeness (QED) is 0.644. The fraction of sp³-hybridized carbons (Fsp3) is 0.455. The Labute approximate surface area is 195 Å². The highest BCUT2D eigenvalue weighted by atomic mass is 32.2. The molecule has 2 unspecified atom stereocenters. The number of nitrogens with one attached hydrogen (secondary N) is 1. The molecule has 0 aliphatic carbocycles. The Morgan fingerprint density at radius 1 is 1.44 bits per heavy atom. The van der Waals surface area contributed by atoms with Crippen LogP contribution in [-0.2, 0) is 10.3 Å². The van der Waals surface area contributed by atoms with Gasteiger partial charge in [-0.05, 0) is 39.3 Å². The lowest BCUT2D eigenvalue weighted by Crippen LogP contribution is -2.52. The van der Waals surface area contributed by atoms with Crippen LogP contribution >= 0.6 is 23.1 Å². The van der Waals surface area contributed by atoms with Gasteiger partial charge in [0.05, 0.1) is 18.4 Å². The van der Waals surface area contributed by atoms with Crippen LogP contribution in [0.4, 0.5) is 5.82 Å². The molecule has 1 amide bonds. The van der Waals surface area contributed by atoms with Crippen molar-refractivity contribution in [2.45, 2.75) is 38.3 Å². The first-order chi connectivity index (χ1) is 15.3. The third-order valence-electron chi connectivity index (χ3n) is 5.41. The molecule has 3 N–H and O–H groups in total. The Hall–Kier alpha value is -2.61. The summed E-state index contributed by atoms with van der Waals surface area (Å²) in [5.41, 5.74) is 5.52. The van der Waals surface area contributed by atoms with Crippen molar-refractivity contribution >= 4 is 40.0 Å². The fourth-order valence-corrected chi connectivity index (χ4v) is 5.72. The number of thiazole rings is 1. The summed E-state index contributed by atoms with van der Waals surface area (Å²) >= 11 is 3.03. The number of hydrogen-bond acceptors (Lipinski definition) is 9. The van der Waals surface area contributed by atoms with Gasteiger partial charge in [0.2, 0.25) is 0 Å². The molecule has 2 atom stereocenters. The third kappa shape index (κ3) is 4.75. The zero-order chi connectivity index (χ0) is 22.8. The Bertz CT molecular complexity index is 1090. The number of aromatic nitrogens is 2. The van der Waals surface area contributed by atoms with E-state index in [1.807, 2.05) is 5.38 Å². The van der Waals surface area contributed by atoms with Crippen LogP contribution in [0.25, 0.3) is 0 Å². The number of amidine groups is 1. The summed E-state index contributed by atoms with van der Waals surface area (Å²) in [6.45, 7) is 6.63. The van der Waals surface area contributed by atoms with Crippen LogP contribution in [0.3, 0.4) is 0 Å². The van der Waals surface area contributed by atoms with Crippen molar-refractivity contribution in [3.05, 3.63) is 34.4 Å². The monoisotopic (exact) mass is 471 g/mol. The average molecular weight is 472 g/mol. The van der Waals surface area contributed by atoms with Crippen LogP contribution in [0.5, 0.6) is 5.75 Å². The van der Waals surface area contributed by atoms with Crippen molar-refractivity contribution in [1.29, 1.82) is 0 Å². The standard InChI is InChI=1S/C22H25N5O3S2/c1-4-5-8-29-15-6-7-16(24-10-15)18(28)25-17-12-31-19(26-17)22-13-30-21(2,3)9-14(22)11-32-20(23)27-22/h6-7,10,12,14H,8-9,11,13H2,1-3H3,(H2,23,27)(H,25,28). The minimum absolute atomic E-state index is 0.213. The number of amides is 1. The third-order valence-corrected chi connectivity index (χ3v) is 7.38. The van der Waals surface area contributed by atoms with E-state index in [0.717, 1.165) is 17.2 Å². The Morgan fingerprint density at radius 2 is 2.28 bits per heavy atom. The Balaban J connectivity index is 1.49. The number of nitrogens with zero attached hydrogens (tertiary/aromatic N) is 3. The van der Waals surface area contributed by atoms with E-state index in [2.05, 4.69) is 36.0 Å². The molecular weight excluding hydrogens is 446 g/mol. The molecule has 2 aromatic rings. The first-order valence-electron chi connectivity index (χ1n) is 10.2. The number of rotatable bonds is 5. The molecule has 2 aliphatic heterocycles. The predicted octanol–water partition coefficient (Wildman–Crippen LogP) is 3.26. The number of carbonyl (C=O) groups excluding carboxylic acids is 1. The molecule has 4 rings (SSSR count). The lowest BCUT2D eigenvalue weighted by atomic mass is 9.77. The van der Waals surface area contributed by atoms with Crippen molar-refractivity contribution in [2.24, 2.45) is 16.6 Å². The van der Waals surface area contributed by atoms with E-state index >= 15 is 0 Å². The Kier molecular flexibility index (Phi) is 6.42. The summed E-state index contributed by atoms with van der Waals surface area (Å²) in [5.74, 6) is 7.35. The number of fused-ring (bicyclic) bond motifs is 1. The largest absolute Gasteiger partial charge is 0.479 e. The van der Waals surface area contributed by atoms with Gasteiger partial charge >= 0.3 is 0 Å². The second kappa shape index (κ2) is 9.10. The molecule has 10 heteroatoms. The topological polar surface area (TPSA) is 112 Å². The number of pyridine rings is 1. The second-order valence-electron chi connectivity index (χ2n) is 8.22. The molecule has 0 aromatic carbocycles. The average Bonchev–Trinajstić information content (AvgIpc) is 3.23. The zero-order valence-electron chi connectivity index (χ0n) is 18.2. The summed E-state index contributed by atoms with van der Waals surface area (Å²) in [7, 11) is 0. The van der Waals surface area contributed by atoms with E-state index in [9.17, 15) is 4.79 Å². The van der Waals surface area contributed by atoms with Crippen molar-refractivity contribution in [3.63, 3.8) is 0 Å². The molecule has 32 heavy (non-hydrogen) atoms. The van der Waals surface area contributed by atoms with Gasteiger partial charge in [-0.1, -0.05) is 17.7 Å². The van der Waals surface area contributed by atoms with Gasteiger partial charge in [0.25, 0.3) is 5.91 Å². The van der Waals surface area contributed by atoms with E-state index in [0.29, 0.717) is 23.3 Å². The zero-order valence-corrected chi connectivity index (χ0v) is 19.8. The number of nitrogens with two attached hydrogens (primary N) is 1. The van der Waals surface area contributed by atoms with E-state index in [-0.39, 0.29) is 29.7 Å². The van der Waals surface area contributed by atoms with E-state index in [4.69, 9.17) is 25.2 Å². The van der Waals surface area contributed by atoms with Crippen LogP contribution in [-0.4, -0.2) is 45.6 Å². The van der Waals surface area contributed by atoms with Gasteiger partial charge in [-0.15, -0.1) is 17.3 Å². The number of ether oxygens (including phenoxy) is 2. The minimum atomic E-state index is -0.614. The SMILES string of the molecule is CC#CCOc1ccc(C(=O)Nc2csc(C34COC(C)(C)CC3CSC(N)=N4)n2)nc1. The van der Waals surface area contributed by atoms with Crippen molar-refractivity contribution in [2.75, 3.05) is 24.3 Å². The van der Waals surface area contributed by atoms with Gasteiger partial charge in [-0.3, -0.25) is 4.79 Å². The number of carbonyl (C=O) groups is 1. The van der Waals surface area contributed by atoms with Gasteiger partial charge < -0.3 is 20.5 Å². The molecule has 2 aromatic heterocycles. The summed E-state index contributed by atoms with van der Waals surface area (Å²) in [6.07, 6.45) is 2.36. The molecule has 1 saturated heterocycles. The predicted molar refractivity (Wildman–Crippen MR) is 127 cm³/mol. The number of hydrogen-bond donors (Lipinski definition) is 2. The summed E-state index contributed by atoms with van der Waals surface area (Å²) in [5, 5.41) is 5.97. The molecule has 4 heterocycles. The molecule has 0 radical (unpaired) electrons. The number of aliphatic imine (C=N–C) groups is 1. The highest BCUT2D eigenvalue weighted by Crippen LogP contribution is 2.49. The van der Waals surface area contributed by atoms with Crippen LogP contribution in [0.1, 0.15) is 42.7 Å². The molecule has 8 nitrogen and oxygen atoms in total. The number of anilines is 1. The van der Waals surface area contributed by atoms with Crippen LogP contribution in [0, 0.1) is 17.8 Å². The van der Waals surface area contributed by atoms with Gasteiger partial charge in [-0.2, -0.15) is 0 Å². The van der Waals surface area contributed by atoms with Gasteiger partial charge in [0.15, 0.2) is 5.17 Å². The molecule has 168 valence electrons. The van der Waals surface area contributed by atoms with E-state index in [1.165, 1.54) is 17.5 Å². The van der Waals surface area contributed by atoms with Gasteiger partial charge in [0.1, 0.15) is 34.4 Å². The lowest BCUT2D eigenvalue weighted by molar-refractivity contribution is -0.109. The molecule has 0 spiro atoms. The van der Waals surface area contributed by atoms with Crippen LogP contribution in [0.15, 0.2) is 28.7 Å². The lowest BCUT2D eigenvalue weighted by Gasteiger charge is -2.47. The maximum atomic E-state index is 12.6. The summed E-state index contributed by atoms with van der Waals surface area (Å²) < 4.78 is 11.6. The fourth-order valence-electron chi connectivity index (χ4n) is 3.77. The Morgan fingerprint density at radius 3 is 3.03 bits per heavy atom. The minimum Gasteiger partial charge on any atom is -0.479 e. The first-order valence-corrected chi connectivity index (χ1v) is 12.1. The van der Waals surface area contributed by atoms with Crippen LogP contribution in [0.2, 0.25) is 0 Å². The van der Waals surface area contributed by atoms with E-state index < -0.39 is 5.54 Å². The second-order valence-corrected chi connectivity index (χ2v) is 10.1. The smallest absolute Gasteiger partial charge is 0.275 e. The highest BCUT2D eigenvalue weighted by Gasteiger charge is 2.52. The van der Waals surface area contributed by atoms with Crippen molar-refractivity contribution in [3.8, 4) is 17.6 Å². The van der Waals surface area contributed by atoms with Gasteiger partial charge in [-0.25, -0.2) is 15.0 Å². The van der Waals surface area contributed by atoms with Crippen molar-refractivity contribution < 1.29 is 14.3 Å². The molecule has 0 bridgehead atoms. The van der Waals surface area contributed by atoms with Crippen LogP contribution < -0.4 is 15.8 Å². The summed E-state index contributed by atoms with van der Waals surface area (Å²) in [4.78, 5) is 26.3. The van der Waals surface area contributed by atoms with E-state index in [1.54, 1.807) is 30.8 Å². The molecule has 2 aliphatic rings. The van der Waals surface area contributed by atoms with Crippen molar-refractivity contribution in [1.82, 2.24) is 9.97 Å². The maximum absolute atomic E-state index is 12.6. The normalized spacial score (nSPS) is 23.8. The molecular formula is C22H25N5O3S2. The molecule has 1 fully saturated rings. The first kappa shape index (κ1) is 22.6. The molecule has 0 saturated carbocycles. The summed E-state index contributed by atoms with van der Waals surface area (Å²) in [6, 6.07) is 3.29. The van der Waals surface area contributed by atoms with Gasteiger partial charge in [0, 0.05) is 17.1 Å². The number of thioether (sulfide) groups is 1.